The number of imidazole rings is 1. The van der Waals surface area contributed by atoms with Crippen molar-refractivity contribution >= 4 is 55.9 Å². The third-order valence-corrected chi connectivity index (χ3v) is 10.2. The number of aromatic nitrogens is 3. The Morgan fingerprint density at radius 1 is 1.07 bits per heavy atom. The first kappa shape index (κ1) is 27.3. The van der Waals surface area contributed by atoms with Crippen LogP contribution in [0.25, 0.3) is 22.2 Å². The van der Waals surface area contributed by atoms with Gasteiger partial charge in [0.15, 0.2) is 0 Å². The van der Waals surface area contributed by atoms with E-state index < -0.39 is 10.0 Å². The number of anilines is 1. The van der Waals surface area contributed by atoms with Crippen molar-refractivity contribution in [3.8, 4) is 11.1 Å². The van der Waals surface area contributed by atoms with Crippen molar-refractivity contribution < 1.29 is 17.7 Å². The summed E-state index contributed by atoms with van der Waals surface area (Å²) in [5.41, 5.74) is 5.71. The minimum atomic E-state index is -3.34. The summed E-state index contributed by atoms with van der Waals surface area (Å²) in [7, 11) is -3.34. The number of amides is 1. The molecule has 2 atom stereocenters. The second-order valence-electron chi connectivity index (χ2n) is 10.6. The molecule has 2 fully saturated rings. The number of carbonyl (C=O) groups is 1. The molecule has 0 aliphatic carbocycles. The zero-order valence-electron chi connectivity index (χ0n) is 22.6. The van der Waals surface area contributed by atoms with Gasteiger partial charge in [-0.2, -0.15) is 0 Å². The lowest BCUT2D eigenvalue weighted by Crippen LogP contribution is -2.31. The number of sulfonamides is 1. The number of rotatable bonds is 5. The normalized spacial score (nSPS) is 20.4. The molecule has 12 heteroatoms. The molecule has 1 amide bonds. The first-order valence-electron chi connectivity index (χ1n) is 13.1. The van der Waals surface area contributed by atoms with Crippen molar-refractivity contribution in [3.05, 3.63) is 63.2 Å². The van der Waals surface area contributed by atoms with Crippen molar-refractivity contribution in [2.45, 2.75) is 52.1 Å². The fourth-order valence-electron chi connectivity index (χ4n) is 6.14. The number of halogens is 2. The number of nitrogens with zero attached hydrogens (tertiary/aromatic N) is 5. The quantitative estimate of drug-likeness (QED) is 0.278. The predicted molar refractivity (Wildman–Crippen MR) is 155 cm³/mol. The van der Waals surface area contributed by atoms with Crippen molar-refractivity contribution in [2.75, 3.05) is 24.2 Å². The monoisotopic (exact) mass is 601 g/mol. The summed E-state index contributed by atoms with van der Waals surface area (Å²) in [6, 6.07) is 9.08. The third-order valence-electron chi connectivity index (χ3n) is 8.08. The van der Waals surface area contributed by atoms with Gasteiger partial charge in [0.1, 0.15) is 11.6 Å². The number of benzene rings is 2. The first-order valence-corrected chi connectivity index (χ1v) is 15.7. The predicted octanol–water partition coefficient (Wildman–Crippen LogP) is 6.00. The van der Waals surface area contributed by atoms with E-state index in [0.29, 0.717) is 48.1 Å². The molecule has 6 rings (SSSR count). The molecule has 2 aromatic heterocycles. The molecule has 4 aromatic rings. The van der Waals surface area contributed by atoms with Gasteiger partial charge in [-0.05, 0) is 69.0 Å². The van der Waals surface area contributed by atoms with Crippen molar-refractivity contribution in [2.24, 2.45) is 0 Å². The van der Waals surface area contributed by atoms with Gasteiger partial charge in [0.25, 0.3) is 0 Å². The van der Waals surface area contributed by atoms with E-state index in [2.05, 4.69) is 9.72 Å². The minimum Gasteiger partial charge on any atom is -0.361 e. The van der Waals surface area contributed by atoms with Gasteiger partial charge in [-0.1, -0.05) is 34.4 Å². The van der Waals surface area contributed by atoms with Crippen LogP contribution in [-0.4, -0.2) is 52.7 Å². The number of aryl methyl sites for hydroxylation is 2. The third kappa shape index (κ3) is 4.41. The van der Waals surface area contributed by atoms with Crippen molar-refractivity contribution in [1.82, 2.24) is 19.0 Å². The van der Waals surface area contributed by atoms with Gasteiger partial charge < -0.3 is 14.0 Å². The highest BCUT2D eigenvalue weighted by molar-refractivity contribution is 7.88. The maximum absolute atomic E-state index is 13.3. The van der Waals surface area contributed by atoms with Crippen LogP contribution in [0.2, 0.25) is 10.0 Å². The van der Waals surface area contributed by atoms with Crippen molar-refractivity contribution in [3.63, 3.8) is 0 Å². The molecule has 2 saturated heterocycles. The van der Waals surface area contributed by atoms with Crippen LogP contribution in [-0.2, 0) is 14.8 Å². The summed E-state index contributed by atoms with van der Waals surface area (Å²) in [5.74, 6) is 1.42. The Bertz CT molecular complexity index is 1760. The maximum Gasteiger partial charge on any atom is 0.227 e. The molecule has 2 unspecified atom stereocenters. The van der Waals surface area contributed by atoms with Crippen molar-refractivity contribution in [1.29, 1.82) is 0 Å². The summed E-state index contributed by atoms with van der Waals surface area (Å²) in [6.45, 7) is 6.41. The molecule has 0 spiro atoms. The minimum absolute atomic E-state index is 0.0225. The van der Waals surface area contributed by atoms with Gasteiger partial charge in [0.2, 0.25) is 15.9 Å². The number of hydrogen-bond donors (Lipinski definition) is 0. The molecule has 0 bridgehead atoms. The highest BCUT2D eigenvalue weighted by atomic mass is 35.5. The van der Waals surface area contributed by atoms with E-state index >= 15 is 0 Å². The molecule has 0 saturated carbocycles. The number of carbonyl (C=O) groups excluding carboxylic acids is 1. The zero-order chi connectivity index (χ0) is 28.5. The van der Waals surface area contributed by atoms with E-state index in [-0.39, 0.29) is 18.0 Å². The molecular weight excluding hydrogens is 573 g/mol. The van der Waals surface area contributed by atoms with E-state index in [0.717, 1.165) is 45.0 Å². The average Bonchev–Trinajstić information content (AvgIpc) is 3.67. The molecule has 9 nitrogen and oxygen atoms in total. The van der Waals surface area contributed by atoms with Crippen LogP contribution in [0.3, 0.4) is 0 Å². The van der Waals surface area contributed by atoms with E-state index in [1.807, 2.05) is 45.0 Å². The van der Waals surface area contributed by atoms with Gasteiger partial charge in [-0.15, -0.1) is 0 Å². The summed E-state index contributed by atoms with van der Waals surface area (Å²) >= 11 is 12.7. The molecule has 2 aliphatic heterocycles. The molecule has 4 heterocycles. The summed E-state index contributed by atoms with van der Waals surface area (Å²) in [4.78, 5) is 20.2. The van der Waals surface area contributed by atoms with Crippen LogP contribution < -0.4 is 4.90 Å². The Morgan fingerprint density at radius 3 is 2.52 bits per heavy atom. The summed E-state index contributed by atoms with van der Waals surface area (Å²) in [6.07, 6.45) is 2.81. The molecule has 0 radical (unpaired) electrons. The second-order valence-corrected chi connectivity index (χ2v) is 13.4. The second kappa shape index (κ2) is 9.87. The van der Waals surface area contributed by atoms with E-state index in [9.17, 15) is 13.2 Å². The van der Waals surface area contributed by atoms with Gasteiger partial charge in [0.05, 0.1) is 45.1 Å². The maximum atomic E-state index is 13.3. The Kier molecular flexibility index (Phi) is 6.72. The Balaban J connectivity index is 1.53. The molecule has 0 N–H and O–H groups in total. The van der Waals surface area contributed by atoms with Gasteiger partial charge in [0, 0.05) is 30.8 Å². The molecule has 40 heavy (non-hydrogen) atoms. The highest BCUT2D eigenvalue weighted by Gasteiger charge is 2.40. The van der Waals surface area contributed by atoms with Crippen LogP contribution in [0.4, 0.5) is 5.69 Å². The topological polar surface area (TPSA) is 102 Å². The summed E-state index contributed by atoms with van der Waals surface area (Å²) < 4.78 is 33.8. The van der Waals surface area contributed by atoms with Crippen LogP contribution in [0.15, 0.2) is 34.9 Å². The van der Waals surface area contributed by atoms with E-state index in [1.165, 1.54) is 10.6 Å². The fourth-order valence-corrected chi connectivity index (χ4v) is 7.39. The molecule has 2 aromatic carbocycles. The van der Waals surface area contributed by atoms with Gasteiger partial charge in [-0.3, -0.25) is 4.79 Å². The number of hydrogen-bond acceptors (Lipinski definition) is 6. The average molecular weight is 603 g/mol. The summed E-state index contributed by atoms with van der Waals surface area (Å²) in [5, 5.41) is 4.94. The zero-order valence-corrected chi connectivity index (χ0v) is 24.9. The van der Waals surface area contributed by atoms with Gasteiger partial charge in [-0.25, -0.2) is 17.7 Å². The lowest BCUT2D eigenvalue weighted by molar-refractivity contribution is -0.117. The number of fused-ring (bicyclic) bond motifs is 1. The first-order chi connectivity index (χ1) is 19.0. The van der Waals surface area contributed by atoms with E-state index in [1.54, 1.807) is 11.0 Å². The van der Waals surface area contributed by atoms with Gasteiger partial charge >= 0.3 is 0 Å². The van der Waals surface area contributed by atoms with Crippen LogP contribution in [0.5, 0.6) is 0 Å². The van der Waals surface area contributed by atoms with Crippen LogP contribution in [0.1, 0.15) is 54.2 Å². The standard InChI is InChI=1S/C28H29Cl2N5O4S/c1-15-22(8-6-20(29)27(15)30)35-24(9-10-25(35)36)28-31-21-13-18(26-16(2)32-39-17(26)3)5-7-23(21)34(28)19-11-12-33(14-19)40(4,37)38/h5-8,13,19,24H,9-12,14H2,1-4H3. The Hall–Kier alpha value is -2.92. The van der Waals surface area contributed by atoms with Crippen LogP contribution >= 0.6 is 23.2 Å². The highest BCUT2D eigenvalue weighted by Crippen LogP contribution is 2.44. The molecule has 210 valence electrons. The largest absolute Gasteiger partial charge is 0.361 e. The lowest BCUT2D eigenvalue weighted by Gasteiger charge is -2.28. The molecular formula is C28H29Cl2N5O4S. The smallest absolute Gasteiger partial charge is 0.227 e. The van der Waals surface area contributed by atoms with Crippen LogP contribution in [0, 0.1) is 20.8 Å². The lowest BCUT2D eigenvalue weighted by atomic mass is 10.0. The van der Waals surface area contributed by atoms with E-state index in [4.69, 9.17) is 32.7 Å². The SMILES string of the molecule is Cc1noc(C)c1-c1ccc2c(c1)nc(C1CCC(=O)N1c1ccc(Cl)c(Cl)c1C)n2C1CCN(S(C)(=O)=O)C1. The Morgan fingerprint density at radius 2 is 1.85 bits per heavy atom. The molecule has 2 aliphatic rings. The fraction of sp³-hybridized carbons (Fsp3) is 0.393. The Labute approximate surface area is 242 Å².